The zero-order chi connectivity index (χ0) is 42.9. The number of rotatable bonds is 13. The van der Waals surface area contributed by atoms with Crippen LogP contribution in [0.5, 0.6) is 0 Å². The normalized spacial score (nSPS) is 36.1. The van der Waals surface area contributed by atoms with Crippen molar-refractivity contribution in [2.75, 3.05) is 19.6 Å². The number of fused-ring (bicyclic) bond motifs is 7. The maximum absolute atomic E-state index is 14.4. The minimum atomic E-state index is -1.18. The topological polar surface area (TPSA) is 146 Å². The summed E-state index contributed by atoms with van der Waals surface area (Å²) in [6.45, 7) is 25.4. The molecule has 0 bridgehead atoms. The number of amides is 1. The van der Waals surface area contributed by atoms with Gasteiger partial charge in [-0.15, -0.1) is 0 Å². The smallest absolute Gasteiger partial charge is 0.309 e. The van der Waals surface area contributed by atoms with Crippen molar-refractivity contribution in [3.05, 3.63) is 41.2 Å². The lowest BCUT2D eigenvalue weighted by molar-refractivity contribution is -0.252. The Hall–Kier alpha value is -3.11. The van der Waals surface area contributed by atoms with Crippen molar-refractivity contribution in [3.63, 3.8) is 0 Å². The molecule has 4 fully saturated rings. The van der Waals surface area contributed by atoms with E-state index in [1.54, 1.807) is 20.0 Å². The van der Waals surface area contributed by atoms with Gasteiger partial charge in [0.1, 0.15) is 6.10 Å². The standard InChI is InChI=1S/C48H73N3O7/c1-30(2)39-33(53)26-48(36(54)29-51(25-24-49-31(3)52)28-32-14-12-13-23-50-32)22-21-47(11)45(9)19-15-34-43(6,7)37(58-38(55)27-42(4,5)41(56)57)17-18-44(34,8)35(45)16-20-46(47,10)40(39)48/h12-14,23,30,34-37,54H,15-22,24-29H2,1-11H3,(H,49,52)(H,56,57)/t34-,35+,36-,37-,44-,45+,46+,47-,48?/m0/s1. The molecule has 5 aliphatic carbocycles. The van der Waals surface area contributed by atoms with Gasteiger partial charge in [0, 0.05) is 56.6 Å². The van der Waals surface area contributed by atoms with E-state index in [4.69, 9.17) is 4.74 Å². The highest BCUT2D eigenvalue weighted by atomic mass is 16.5. The molecule has 10 heteroatoms. The summed E-state index contributed by atoms with van der Waals surface area (Å²) in [5, 5.41) is 25.3. The number of carboxylic acids is 1. The van der Waals surface area contributed by atoms with Crippen LogP contribution in [0.25, 0.3) is 0 Å². The van der Waals surface area contributed by atoms with Crippen LogP contribution in [0.2, 0.25) is 0 Å². The number of allylic oxidation sites excluding steroid dienone is 1. The molecule has 58 heavy (non-hydrogen) atoms. The molecule has 0 radical (unpaired) electrons. The number of aliphatic carboxylic acids is 1. The summed E-state index contributed by atoms with van der Waals surface area (Å²) >= 11 is 0. The van der Waals surface area contributed by atoms with Gasteiger partial charge in [-0.1, -0.05) is 61.5 Å². The van der Waals surface area contributed by atoms with Crippen LogP contribution in [0.15, 0.2) is 35.5 Å². The Labute approximate surface area is 347 Å². The van der Waals surface area contributed by atoms with Crippen molar-refractivity contribution < 1.29 is 34.1 Å². The number of nitrogens with zero attached hydrogens (tertiary/aromatic N) is 2. The molecule has 322 valence electrons. The Kier molecular flexibility index (Phi) is 11.8. The third kappa shape index (κ3) is 7.07. The zero-order valence-electron chi connectivity index (χ0n) is 37.4. The number of ether oxygens (including phenoxy) is 1. The second-order valence-corrected chi connectivity index (χ2v) is 21.7. The Balaban J connectivity index is 1.31. The number of ketones is 1. The number of Topliss-reactive ketones (excluding diaryl/α,β-unsaturated/α-hetero) is 1. The molecule has 0 spiro atoms. The van der Waals surface area contributed by atoms with Gasteiger partial charge in [-0.05, 0) is 128 Å². The van der Waals surface area contributed by atoms with E-state index < -0.39 is 28.9 Å². The molecular formula is C48H73N3O7. The number of aliphatic hydroxyl groups is 1. The quantitative estimate of drug-likeness (QED) is 0.168. The molecule has 3 N–H and O–H groups in total. The van der Waals surface area contributed by atoms with Gasteiger partial charge >= 0.3 is 11.9 Å². The monoisotopic (exact) mass is 804 g/mol. The molecule has 4 saturated carbocycles. The van der Waals surface area contributed by atoms with Crippen LogP contribution in [-0.4, -0.2) is 75.6 Å². The lowest BCUT2D eigenvalue weighted by Gasteiger charge is -2.75. The predicted octanol–water partition coefficient (Wildman–Crippen LogP) is 8.16. The zero-order valence-corrected chi connectivity index (χ0v) is 37.4. The van der Waals surface area contributed by atoms with Gasteiger partial charge in [0.05, 0.1) is 23.6 Å². The summed E-state index contributed by atoms with van der Waals surface area (Å²) in [5.74, 6) is -0.537. The molecule has 0 aliphatic heterocycles. The van der Waals surface area contributed by atoms with Gasteiger partial charge in [0.15, 0.2) is 5.78 Å². The second kappa shape index (κ2) is 15.4. The van der Waals surface area contributed by atoms with E-state index in [0.717, 1.165) is 62.6 Å². The molecular weight excluding hydrogens is 731 g/mol. The number of nitrogens with one attached hydrogen (secondary N) is 1. The van der Waals surface area contributed by atoms with Crippen LogP contribution in [0.3, 0.4) is 0 Å². The van der Waals surface area contributed by atoms with Gasteiger partial charge in [0.2, 0.25) is 5.91 Å². The number of hydrogen-bond donors (Lipinski definition) is 3. The average molecular weight is 804 g/mol. The maximum Gasteiger partial charge on any atom is 0.309 e. The SMILES string of the molecule is CC(=O)NCCN(Cc1ccccn1)C[C@H](O)C12CC[C@]3(C)[C@](C)(CC[C@@H]4[C@@]5(C)CC[C@H](OC(=O)CC(C)(C)C(=O)O)C(C)(C)[C@@H]5CC[C@]43C)C1=C(C(C)C)C(=O)C2. The maximum atomic E-state index is 14.4. The van der Waals surface area contributed by atoms with Crippen LogP contribution in [-0.2, 0) is 30.5 Å². The van der Waals surface area contributed by atoms with Crippen molar-refractivity contribution in [1.29, 1.82) is 0 Å². The fourth-order valence-corrected chi connectivity index (χ4v) is 14.2. The predicted molar refractivity (Wildman–Crippen MR) is 224 cm³/mol. The van der Waals surface area contributed by atoms with E-state index in [2.05, 4.69) is 70.6 Å². The van der Waals surface area contributed by atoms with Crippen LogP contribution >= 0.6 is 0 Å². The Morgan fingerprint density at radius 1 is 0.983 bits per heavy atom. The highest BCUT2D eigenvalue weighted by Gasteiger charge is 2.74. The number of carboxylic acid groups (broad SMARTS) is 1. The number of esters is 1. The van der Waals surface area contributed by atoms with Gasteiger partial charge < -0.3 is 20.3 Å². The van der Waals surface area contributed by atoms with Gasteiger partial charge in [-0.25, -0.2) is 0 Å². The van der Waals surface area contributed by atoms with E-state index in [0.29, 0.717) is 44.4 Å². The summed E-state index contributed by atoms with van der Waals surface area (Å²) in [7, 11) is 0. The Morgan fingerprint density at radius 2 is 1.67 bits per heavy atom. The molecule has 1 aromatic heterocycles. The summed E-state index contributed by atoms with van der Waals surface area (Å²) in [4.78, 5) is 58.0. The fourth-order valence-electron chi connectivity index (χ4n) is 14.2. The summed E-state index contributed by atoms with van der Waals surface area (Å²) in [5.41, 5.74) is 0.496. The number of carbonyl (C=O) groups excluding carboxylic acids is 3. The first-order chi connectivity index (χ1) is 26.9. The Morgan fingerprint density at radius 3 is 2.29 bits per heavy atom. The number of carbonyl (C=O) groups is 4. The van der Waals surface area contributed by atoms with Crippen molar-refractivity contribution >= 4 is 23.6 Å². The third-order valence-corrected chi connectivity index (χ3v) is 17.6. The van der Waals surface area contributed by atoms with Crippen molar-refractivity contribution in [3.8, 4) is 0 Å². The molecule has 5 aliphatic rings. The minimum absolute atomic E-state index is 0.0127. The lowest BCUT2D eigenvalue weighted by Crippen LogP contribution is -2.69. The molecule has 0 aromatic carbocycles. The van der Waals surface area contributed by atoms with E-state index in [1.807, 2.05) is 18.2 Å². The van der Waals surface area contributed by atoms with E-state index in [1.165, 1.54) is 12.5 Å². The van der Waals surface area contributed by atoms with E-state index in [9.17, 15) is 29.4 Å². The van der Waals surface area contributed by atoms with Crippen molar-refractivity contribution in [1.82, 2.24) is 15.2 Å². The number of hydrogen-bond acceptors (Lipinski definition) is 8. The highest BCUT2D eigenvalue weighted by Crippen LogP contribution is 2.80. The first kappa shape index (κ1) is 44.4. The van der Waals surface area contributed by atoms with Crippen molar-refractivity contribution in [2.45, 2.75) is 159 Å². The van der Waals surface area contributed by atoms with Gasteiger partial charge in [0.25, 0.3) is 0 Å². The molecule has 1 unspecified atom stereocenters. The van der Waals surface area contributed by atoms with Crippen LogP contribution < -0.4 is 5.32 Å². The molecule has 1 heterocycles. The molecule has 1 aromatic rings. The van der Waals surface area contributed by atoms with Crippen LogP contribution in [0.1, 0.15) is 146 Å². The summed E-state index contributed by atoms with van der Waals surface area (Å²) in [6, 6.07) is 5.85. The third-order valence-electron chi connectivity index (χ3n) is 17.6. The second-order valence-electron chi connectivity index (χ2n) is 21.7. The van der Waals surface area contributed by atoms with E-state index in [-0.39, 0.29) is 57.2 Å². The largest absolute Gasteiger partial charge is 0.481 e. The first-order valence-corrected chi connectivity index (χ1v) is 22.2. The molecule has 0 saturated heterocycles. The molecule has 1 amide bonds. The van der Waals surface area contributed by atoms with Gasteiger partial charge in [-0.2, -0.15) is 0 Å². The lowest BCUT2D eigenvalue weighted by atomic mass is 9.29. The number of aliphatic hydroxyl groups excluding tert-OH is 1. The van der Waals surface area contributed by atoms with E-state index >= 15 is 0 Å². The first-order valence-electron chi connectivity index (χ1n) is 22.2. The van der Waals surface area contributed by atoms with Crippen molar-refractivity contribution in [2.24, 2.45) is 55.7 Å². The number of pyridine rings is 1. The molecule has 9 atom stereocenters. The summed E-state index contributed by atoms with van der Waals surface area (Å²) in [6.07, 6.45) is 8.31. The molecule has 10 nitrogen and oxygen atoms in total. The van der Waals surface area contributed by atoms with Gasteiger partial charge in [-0.3, -0.25) is 29.1 Å². The average Bonchev–Trinajstić information content (AvgIpc) is 3.45. The fraction of sp³-hybridized carbons (Fsp3) is 0.771. The highest BCUT2D eigenvalue weighted by molar-refractivity contribution is 6.01. The van der Waals surface area contributed by atoms with Crippen LogP contribution in [0.4, 0.5) is 0 Å². The molecule has 6 rings (SSSR count). The Bertz CT molecular complexity index is 1810. The van der Waals surface area contributed by atoms with Crippen LogP contribution in [0, 0.1) is 55.7 Å². The number of aromatic nitrogens is 1. The summed E-state index contributed by atoms with van der Waals surface area (Å²) < 4.78 is 6.20. The minimum Gasteiger partial charge on any atom is -0.481 e.